The molecular weight excluding hydrogens is 410 g/mol. The van der Waals surface area contributed by atoms with E-state index in [0.29, 0.717) is 31.0 Å². The van der Waals surface area contributed by atoms with Gasteiger partial charge in [-0.25, -0.2) is 4.98 Å². The van der Waals surface area contributed by atoms with Crippen molar-refractivity contribution in [2.24, 2.45) is 0 Å². The second-order valence-electron chi connectivity index (χ2n) is 7.00. The first kappa shape index (κ1) is 20.9. The van der Waals surface area contributed by atoms with Gasteiger partial charge in [-0.1, -0.05) is 6.07 Å². The Bertz CT molecular complexity index is 1190. The number of nitro benzene ring substituents is 1. The van der Waals surface area contributed by atoms with Crippen LogP contribution >= 0.6 is 0 Å². The quantitative estimate of drug-likeness (QED) is 0.238. The maximum Gasteiger partial charge on any atom is 0.269 e. The second-order valence-corrected chi connectivity index (χ2v) is 7.00. The van der Waals surface area contributed by atoms with Crippen molar-refractivity contribution in [3.05, 3.63) is 100 Å². The highest BCUT2D eigenvalue weighted by atomic mass is 16.6. The molecule has 0 saturated carbocycles. The second kappa shape index (κ2) is 9.61. The number of carbonyl (C=O) groups excluding carboxylic acids is 1. The molecular formula is C23H21N5O4. The van der Waals surface area contributed by atoms with Gasteiger partial charge in [0.1, 0.15) is 18.0 Å². The molecule has 0 spiro atoms. The van der Waals surface area contributed by atoms with Crippen LogP contribution in [0.4, 0.5) is 11.4 Å². The minimum atomic E-state index is -0.445. The van der Waals surface area contributed by atoms with Crippen molar-refractivity contribution in [1.82, 2.24) is 14.7 Å². The Morgan fingerprint density at radius 1 is 1.03 bits per heavy atom. The van der Waals surface area contributed by atoms with Gasteiger partial charge in [0.25, 0.3) is 11.6 Å². The molecule has 2 heterocycles. The fourth-order valence-corrected chi connectivity index (χ4v) is 3.10. The normalized spacial score (nSPS) is 10.6. The van der Waals surface area contributed by atoms with Crippen molar-refractivity contribution in [3.63, 3.8) is 0 Å². The Morgan fingerprint density at radius 2 is 1.81 bits per heavy atom. The number of imidazole rings is 1. The first-order chi connectivity index (χ1) is 15.6. The average molecular weight is 431 g/mol. The summed E-state index contributed by atoms with van der Waals surface area (Å²) in [7, 11) is 0. The van der Waals surface area contributed by atoms with Crippen LogP contribution in [-0.4, -0.2) is 33.3 Å². The molecule has 4 rings (SSSR count). The molecule has 0 atom stereocenters. The van der Waals surface area contributed by atoms with E-state index in [1.165, 1.54) is 12.1 Å². The van der Waals surface area contributed by atoms with Crippen LogP contribution in [0.5, 0.6) is 5.75 Å². The van der Waals surface area contributed by atoms with Gasteiger partial charge in [0.05, 0.1) is 10.6 Å². The number of non-ortho nitro benzene ring substituents is 1. The van der Waals surface area contributed by atoms with Crippen LogP contribution in [-0.2, 0) is 6.61 Å². The molecule has 0 aliphatic rings. The van der Waals surface area contributed by atoms with Crippen molar-refractivity contribution in [2.45, 2.75) is 6.61 Å². The largest absolute Gasteiger partial charge is 0.487 e. The summed E-state index contributed by atoms with van der Waals surface area (Å²) in [5.41, 5.74) is 2.99. The molecule has 0 aliphatic carbocycles. The van der Waals surface area contributed by atoms with Gasteiger partial charge in [0.15, 0.2) is 0 Å². The fourth-order valence-electron chi connectivity index (χ4n) is 3.10. The topological polar surface area (TPSA) is 111 Å². The minimum absolute atomic E-state index is 0.0367. The van der Waals surface area contributed by atoms with E-state index < -0.39 is 4.92 Å². The molecule has 2 aromatic heterocycles. The lowest BCUT2D eigenvalue weighted by atomic mass is 10.2. The zero-order valence-corrected chi connectivity index (χ0v) is 17.1. The van der Waals surface area contributed by atoms with Gasteiger partial charge >= 0.3 is 0 Å². The molecule has 162 valence electrons. The van der Waals surface area contributed by atoms with E-state index in [1.807, 2.05) is 35.0 Å². The standard InChI is InChI=1S/C23H21N5O4/c29-23(25-13-12-24-18-6-8-20(9-7-18)28(30)31)17-4-10-21(11-5-17)32-16-19-15-27-14-2-1-3-22(27)26-19/h1-11,14-15,24H,12-13,16H2,(H,25,29). The molecule has 1 amide bonds. The number of pyridine rings is 1. The van der Waals surface area contributed by atoms with Crippen molar-refractivity contribution >= 4 is 22.9 Å². The zero-order valence-electron chi connectivity index (χ0n) is 17.1. The van der Waals surface area contributed by atoms with E-state index >= 15 is 0 Å². The third-order valence-electron chi connectivity index (χ3n) is 4.73. The van der Waals surface area contributed by atoms with Gasteiger partial charge in [-0.2, -0.15) is 0 Å². The summed E-state index contributed by atoms with van der Waals surface area (Å²) in [5, 5.41) is 16.6. The Kier molecular flexibility index (Phi) is 6.26. The summed E-state index contributed by atoms with van der Waals surface area (Å²) in [6, 6.07) is 18.8. The Hall–Kier alpha value is -4.40. The van der Waals surface area contributed by atoms with Crippen molar-refractivity contribution in [1.29, 1.82) is 0 Å². The van der Waals surface area contributed by atoms with E-state index in [4.69, 9.17) is 4.74 Å². The van der Waals surface area contributed by atoms with Crippen molar-refractivity contribution in [3.8, 4) is 5.75 Å². The molecule has 0 aliphatic heterocycles. The van der Waals surface area contributed by atoms with Gasteiger partial charge in [-0.3, -0.25) is 14.9 Å². The van der Waals surface area contributed by atoms with E-state index in [2.05, 4.69) is 15.6 Å². The van der Waals surface area contributed by atoms with Crippen LogP contribution in [0.25, 0.3) is 5.65 Å². The summed E-state index contributed by atoms with van der Waals surface area (Å²) in [5.74, 6) is 0.459. The lowest BCUT2D eigenvalue weighted by Crippen LogP contribution is -2.28. The number of ether oxygens (including phenoxy) is 1. The minimum Gasteiger partial charge on any atom is -0.487 e. The molecule has 4 aromatic rings. The lowest BCUT2D eigenvalue weighted by molar-refractivity contribution is -0.384. The highest BCUT2D eigenvalue weighted by molar-refractivity contribution is 5.94. The number of rotatable bonds is 9. The number of nitro groups is 1. The summed E-state index contributed by atoms with van der Waals surface area (Å²) in [4.78, 5) is 27.0. The molecule has 2 N–H and O–H groups in total. The van der Waals surface area contributed by atoms with E-state index in [9.17, 15) is 14.9 Å². The first-order valence-electron chi connectivity index (χ1n) is 10.0. The molecule has 0 saturated heterocycles. The third kappa shape index (κ3) is 5.20. The van der Waals surface area contributed by atoms with Gasteiger partial charge in [-0.15, -0.1) is 0 Å². The number of hydrogen-bond donors (Lipinski definition) is 2. The van der Waals surface area contributed by atoms with Crippen LogP contribution in [0.1, 0.15) is 16.1 Å². The van der Waals surface area contributed by atoms with E-state index in [0.717, 1.165) is 17.0 Å². The number of benzene rings is 2. The Morgan fingerprint density at radius 3 is 2.53 bits per heavy atom. The van der Waals surface area contributed by atoms with E-state index in [1.54, 1.807) is 36.4 Å². The lowest BCUT2D eigenvalue weighted by Gasteiger charge is -2.09. The maximum absolute atomic E-state index is 12.3. The van der Waals surface area contributed by atoms with Gasteiger partial charge < -0.3 is 19.8 Å². The molecule has 9 nitrogen and oxygen atoms in total. The molecule has 0 unspecified atom stereocenters. The molecule has 9 heteroatoms. The third-order valence-corrected chi connectivity index (χ3v) is 4.73. The summed E-state index contributed by atoms with van der Waals surface area (Å²) < 4.78 is 7.70. The number of hydrogen-bond acceptors (Lipinski definition) is 6. The van der Waals surface area contributed by atoms with Crippen LogP contribution in [0.2, 0.25) is 0 Å². The first-order valence-corrected chi connectivity index (χ1v) is 10.0. The molecule has 0 fully saturated rings. The van der Waals surface area contributed by atoms with Gasteiger partial charge in [0.2, 0.25) is 0 Å². The predicted molar refractivity (Wildman–Crippen MR) is 120 cm³/mol. The highest BCUT2D eigenvalue weighted by Crippen LogP contribution is 2.16. The predicted octanol–water partition coefficient (Wildman–Crippen LogP) is 3.66. The number of amides is 1. The van der Waals surface area contributed by atoms with E-state index in [-0.39, 0.29) is 11.6 Å². The molecule has 2 aromatic carbocycles. The maximum atomic E-state index is 12.3. The highest BCUT2D eigenvalue weighted by Gasteiger charge is 2.07. The van der Waals surface area contributed by atoms with Gasteiger partial charge in [-0.05, 0) is 48.5 Å². The number of nitrogens with zero attached hydrogens (tertiary/aromatic N) is 3. The van der Waals surface area contributed by atoms with Crippen molar-refractivity contribution in [2.75, 3.05) is 18.4 Å². The number of carbonyl (C=O) groups is 1. The van der Waals surface area contributed by atoms with Crippen LogP contribution in [0, 0.1) is 10.1 Å². The smallest absolute Gasteiger partial charge is 0.269 e. The SMILES string of the molecule is O=C(NCCNc1ccc([N+](=O)[O-])cc1)c1ccc(OCc2cn3ccccc3n2)cc1. The molecule has 32 heavy (non-hydrogen) atoms. The average Bonchev–Trinajstić information content (AvgIpc) is 3.24. The number of fused-ring (bicyclic) bond motifs is 1. The zero-order chi connectivity index (χ0) is 22.3. The number of nitrogens with one attached hydrogen (secondary N) is 2. The summed E-state index contributed by atoms with van der Waals surface area (Å²) in [6.07, 6.45) is 3.85. The van der Waals surface area contributed by atoms with Crippen LogP contribution in [0.3, 0.4) is 0 Å². The summed E-state index contributed by atoms with van der Waals surface area (Å²) >= 11 is 0. The Labute approximate surface area is 183 Å². The monoisotopic (exact) mass is 431 g/mol. The number of anilines is 1. The van der Waals surface area contributed by atoms with Crippen LogP contribution < -0.4 is 15.4 Å². The summed E-state index contributed by atoms with van der Waals surface area (Å²) in [6.45, 7) is 1.23. The number of aromatic nitrogens is 2. The van der Waals surface area contributed by atoms with Crippen LogP contribution in [0.15, 0.2) is 79.1 Å². The Balaban J connectivity index is 1.21. The molecule has 0 bridgehead atoms. The van der Waals surface area contributed by atoms with Gasteiger partial charge in [0, 0.05) is 48.9 Å². The fraction of sp³-hybridized carbons (Fsp3) is 0.130. The van der Waals surface area contributed by atoms with Crippen molar-refractivity contribution < 1.29 is 14.5 Å². The molecule has 0 radical (unpaired) electrons.